The number of rotatable bonds is 2. The molecule has 5 heavy (non-hydrogen) atoms. The number of allylic oxidation sites excluding steroid dienone is 1. The van der Waals surface area contributed by atoms with Crippen LogP contribution in [0.15, 0.2) is 12.7 Å². The summed E-state index contributed by atoms with van der Waals surface area (Å²) in [6.07, 6.45) is 1.85. The van der Waals surface area contributed by atoms with Gasteiger partial charge in [-0.2, -0.15) is 0 Å². The molecule has 0 aliphatic heterocycles. The van der Waals surface area contributed by atoms with Crippen LogP contribution in [0.2, 0.25) is 4.73 Å². The van der Waals surface area contributed by atoms with E-state index < -0.39 is 0 Å². The molecule has 0 nitrogen and oxygen atoms in total. The van der Waals surface area contributed by atoms with Crippen molar-refractivity contribution in [3.8, 4) is 0 Å². The molecule has 0 heterocycles. The van der Waals surface area contributed by atoms with Gasteiger partial charge in [-0.15, -0.1) is 0 Å². The summed E-state index contributed by atoms with van der Waals surface area (Å²) in [5.41, 5.74) is 0. The van der Waals surface area contributed by atoms with E-state index in [0.717, 1.165) is 4.73 Å². The average Bonchev–Trinajstić information content (AvgIpc) is 1.41. The van der Waals surface area contributed by atoms with Crippen molar-refractivity contribution >= 4 is 9.30 Å². The SMILES string of the molecule is C=C[CH2][Ti][Cl]. The van der Waals surface area contributed by atoms with Crippen molar-refractivity contribution in [2.75, 3.05) is 0 Å². The Bertz CT molecular complexity index is 28.1. The van der Waals surface area contributed by atoms with Gasteiger partial charge in [-0.3, -0.25) is 0 Å². The Morgan fingerprint density at radius 2 is 2.60 bits per heavy atom. The first-order valence-electron chi connectivity index (χ1n) is 1.36. The zero-order valence-electron chi connectivity index (χ0n) is 2.87. The van der Waals surface area contributed by atoms with E-state index in [0.29, 0.717) is 0 Å². The fraction of sp³-hybridized carbons (Fsp3) is 0.333. The van der Waals surface area contributed by atoms with E-state index in [2.05, 4.69) is 6.58 Å². The molecule has 0 radical (unpaired) electrons. The standard InChI is InChI=1S/C3H5.ClH.Ti/c1-3-2;;/h3H,1-2H2;1H;/q;;+1/p-1. The molecule has 0 aliphatic rings. The van der Waals surface area contributed by atoms with Crippen molar-refractivity contribution in [1.82, 2.24) is 0 Å². The summed E-state index contributed by atoms with van der Waals surface area (Å²) in [5.74, 6) is 0. The van der Waals surface area contributed by atoms with E-state index >= 15 is 0 Å². The molecule has 0 rings (SSSR count). The van der Waals surface area contributed by atoms with Crippen molar-refractivity contribution in [2.24, 2.45) is 0 Å². The van der Waals surface area contributed by atoms with Crippen molar-refractivity contribution < 1.29 is 18.1 Å². The van der Waals surface area contributed by atoms with Crippen LogP contribution in [0, 0.1) is 0 Å². The zero-order valence-corrected chi connectivity index (χ0v) is 5.19. The van der Waals surface area contributed by atoms with Crippen molar-refractivity contribution in [1.29, 1.82) is 0 Å². The summed E-state index contributed by atoms with van der Waals surface area (Å²) < 4.78 is 1.04. The van der Waals surface area contributed by atoms with Crippen molar-refractivity contribution in [2.45, 2.75) is 4.73 Å². The van der Waals surface area contributed by atoms with Crippen molar-refractivity contribution in [3.63, 3.8) is 0 Å². The van der Waals surface area contributed by atoms with Gasteiger partial charge in [0.1, 0.15) is 0 Å². The molecule has 0 aromatic heterocycles. The first-order chi connectivity index (χ1) is 2.41. The summed E-state index contributed by atoms with van der Waals surface area (Å²) in [4.78, 5) is 0. The number of hydrogen-bond acceptors (Lipinski definition) is 0. The Hall–Kier alpha value is 0.744. The van der Waals surface area contributed by atoms with E-state index in [4.69, 9.17) is 9.30 Å². The third kappa shape index (κ3) is 4.74. The van der Waals surface area contributed by atoms with Crippen molar-refractivity contribution in [3.05, 3.63) is 12.7 Å². The molecular formula is C3H5ClTi. The van der Waals surface area contributed by atoms with Gasteiger partial charge >= 0.3 is 44.8 Å². The Balaban J connectivity index is 2.40. The molecular weight excluding hydrogens is 119 g/mol. The molecule has 0 N–H and O–H groups in total. The normalized spacial score (nSPS) is 6.60. The summed E-state index contributed by atoms with van der Waals surface area (Å²) in [6.45, 7) is 3.50. The average molecular weight is 124 g/mol. The van der Waals surface area contributed by atoms with Gasteiger partial charge in [0, 0.05) is 0 Å². The van der Waals surface area contributed by atoms with Crippen LogP contribution in [0.4, 0.5) is 0 Å². The molecule has 0 saturated carbocycles. The monoisotopic (exact) mass is 124 g/mol. The predicted octanol–water partition coefficient (Wildman–Crippen LogP) is 1.83. The first-order valence-corrected chi connectivity index (χ1v) is 4.61. The van der Waals surface area contributed by atoms with Crippen LogP contribution in [0.3, 0.4) is 0 Å². The second-order valence-corrected chi connectivity index (χ2v) is 2.78. The van der Waals surface area contributed by atoms with Gasteiger partial charge < -0.3 is 0 Å². The summed E-state index contributed by atoms with van der Waals surface area (Å²) in [5, 5.41) is 0. The minimum atomic E-state index is -0.139. The van der Waals surface area contributed by atoms with Gasteiger partial charge in [0.05, 0.1) is 0 Å². The van der Waals surface area contributed by atoms with Gasteiger partial charge in [-0.05, 0) is 0 Å². The topological polar surface area (TPSA) is 0 Å². The van der Waals surface area contributed by atoms with Crippen LogP contribution in [-0.2, 0) is 18.1 Å². The van der Waals surface area contributed by atoms with Crippen LogP contribution in [0.1, 0.15) is 0 Å². The van der Waals surface area contributed by atoms with Gasteiger partial charge in [0.2, 0.25) is 0 Å². The van der Waals surface area contributed by atoms with E-state index in [9.17, 15) is 0 Å². The van der Waals surface area contributed by atoms with Crippen LogP contribution >= 0.6 is 9.30 Å². The zero-order chi connectivity index (χ0) is 4.12. The Morgan fingerprint density at radius 3 is 2.60 bits per heavy atom. The molecule has 0 amide bonds. The predicted molar refractivity (Wildman–Crippen MR) is 20.9 cm³/mol. The summed E-state index contributed by atoms with van der Waals surface area (Å²) in [7, 11) is 5.36. The maximum atomic E-state index is 5.36. The van der Waals surface area contributed by atoms with Gasteiger partial charge in [0.25, 0.3) is 0 Å². The van der Waals surface area contributed by atoms with Gasteiger partial charge in [-0.1, -0.05) is 0 Å². The molecule has 0 fully saturated rings. The van der Waals surface area contributed by atoms with E-state index in [1.807, 2.05) is 6.08 Å². The number of hydrogen-bond donors (Lipinski definition) is 0. The fourth-order valence-electron chi connectivity index (χ4n) is 0.0546. The van der Waals surface area contributed by atoms with E-state index in [1.165, 1.54) is 0 Å². The van der Waals surface area contributed by atoms with E-state index in [-0.39, 0.29) is 18.1 Å². The quantitative estimate of drug-likeness (QED) is 0.389. The van der Waals surface area contributed by atoms with Crippen LogP contribution in [-0.4, -0.2) is 0 Å². The Morgan fingerprint density at radius 1 is 2.00 bits per heavy atom. The molecule has 0 saturated heterocycles. The van der Waals surface area contributed by atoms with Crippen LogP contribution in [0.25, 0.3) is 0 Å². The second-order valence-electron chi connectivity index (χ2n) is 0.626. The second kappa shape index (κ2) is 4.74. The third-order valence-corrected chi connectivity index (χ3v) is 1.55. The Labute approximate surface area is 45.0 Å². The molecule has 0 aromatic rings. The summed E-state index contributed by atoms with van der Waals surface area (Å²) >= 11 is -0.139. The molecule has 0 aliphatic carbocycles. The molecule has 0 atom stereocenters. The number of halogens is 1. The molecule has 0 spiro atoms. The maximum absolute atomic E-state index is 5.36. The first kappa shape index (κ1) is 5.74. The molecule has 0 bridgehead atoms. The van der Waals surface area contributed by atoms with Crippen LogP contribution in [0.5, 0.6) is 0 Å². The molecule has 0 aromatic carbocycles. The molecule has 28 valence electrons. The Kier molecular flexibility index (Phi) is 5.45. The summed E-state index contributed by atoms with van der Waals surface area (Å²) in [6, 6.07) is 0. The minimum absolute atomic E-state index is 0.139. The van der Waals surface area contributed by atoms with E-state index in [1.54, 1.807) is 0 Å². The van der Waals surface area contributed by atoms with Crippen LogP contribution < -0.4 is 0 Å². The molecule has 2 heteroatoms. The third-order valence-electron chi connectivity index (χ3n) is 0.221. The molecule has 0 unspecified atom stereocenters. The van der Waals surface area contributed by atoms with Gasteiger partial charge in [-0.25, -0.2) is 0 Å². The van der Waals surface area contributed by atoms with Gasteiger partial charge in [0.15, 0.2) is 0 Å². The fourth-order valence-corrected chi connectivity index (χ4v) is 0.675.